The number of rotatable bonds is 6. The minimum absolute atomic E-state index is 0.213. The minimum Gasteiger partial charge on any atom is -0.381 e. The number of pyridine rings is 1. The van der Waals surface area contributed by atoms with Gasteiger partial charge >= 0.3 is 0 Å². The molecule has 1 amide bonds. The van der Waals surface area contributed by atoms with E-state index in [2.05, 4.69) is 15.6 Å². The van der Waals surface area contributed by atoms with E-state index < -0.39 is 5.82 Å². The number of aryl methyl sites for hydroxylation is 1. The third kappa shape index (κ3) is 3.81. The van der Waals surface area contributed by atoms with Crippen LogP contribution in [0.4, 0.5) is 15.8 Å². The molecule has 4 nitrogen and oxygen atoms in total. The highest BCUT2D eigenvalue weighted by molar-refractivity contribution is 5.94. The highest BCUT2D eigenvalue weighted by Gasteiger charge is 2.23. The number of benzene rings is 1. The number of carbonyl (C=O) groups excluding carboxylic acids is 1. The quantitative estimate of drug-likeness (QED) is 0.860. The van der Waals surface area contributed by atoms with Crippen LogP contribution in [0.25, 0.3) is 0 Å². The predicted molar refractivity (Wildman–Crippen MR) is 84.2 cm³/mol. The molecule has 1 heterocycles. The summed E-state index contributed by atoms with van der Waals surface area (Å²) in [7, 11) is 0. The highest BCUT2D eigenvalue weighted by atomic mass is 19.1. The molecule has 2 N–H and O–H groups in total. The Hall–Kier alpha value is -2.43. The largest absolute Gasteiger partial charge is 0.381 e. The van der Waals surface area contributed by atoms with Gasteiger partial charge in [-0.15, -0.1) is 0 Å². The van der Waals surface area contributed by atoms with Gasteiger partial charge in [-0.3, -0.25) is 9.78 Å². The van der Waals surface area contributed by atoms with Crippen LogP contribution in [-0.4, -0.2) is 16.9 Å². The molecule has 1 fully saturated rings. The molecule has 1 saturated carbocycles. The molecule has 1 aliphatic rings. The molecular formula is C17H18FN3O. The number of nitrogens with zero attached hydrogens (tertiary/aromatic N) is 1. The van der Waals surface area contributed by atoms with Gasteiger partial charge in [0.15, 0.2) is 0 Å². The van der Waals surface area contributed by atoms with Crippen LogP contribution in [0.2, 0.25) is 0 Å². The van der Waals surface area contributed by atoms with Crippen LogP contribution in [0.5, 0.6) is 0 Å². The Labute approximate surface area is 128 Å². The Kier molecular flexibility index (Phi) is 4.32. The lowest BCUT2D eigenvalue weighted by Crippen LogP contribution is -2.16. The Morgan fingerprint density at radius 3 is 2.82 bits per heavy atom. The first-order valence-corrected chi connectivity index (χ1v) is 7.47. The zero-order valence-electron chi connectivity index (χ0n) is 12.2. The van der Waals surface area contributed by atoms with Crippen molar-refractivity contribution in [2.45, 2.75) is 31.7 Å². The molecule has 0 atom stereocenters. The third-order valence-corrected chi connectivity index (χ3v) is 3.55. The number of hydrogen-bond acceptors (Lipinski definition) is 3. The van der Waals surface area contributed by atoms with Crippen molar-refractivity contribution in [3.8, 4) is 0 Å². The Bertz CT molecular complexity index is 656. The molecule has 0 unspecified atom stereocenters. The summed E-state index contributed by atoms with van der Waals surface area (Å²) in [6, 6.07) is 10.8. The van der Waals surface area contributed by atoms with Crippen LogP contribution in [0.3, 0.4) is 0 Å². The van der Waals surface area contributed by atoms with Crippen molar-refractivity contribution in [1.29, 1.82) is 0 Å². The number of para-hydroxylation sites is 1. The van der Waals surface area contributed by atoms with E-state index in [1.54, 1.807) is 18.3 Å². The average Bonchev–Trinajstić information content (AvgIpc) is 3.34. The number of aromatic nitrogens is 1. The molecule has 0 spiro atoms. The molecule has 1 aromatic carbocycles. The van der Waals surface area contributed by atoms with Crippen molar-refractivity contribution in [3.63, 3.8) is 0 Å². The van der Waals surface area contributed by atoms with Crippen molar-refractivity contribution in [2.75, 3.05) is 10.6 Å². The van der Waals surface area contributed by atoms with E-state index >= 15 is 0 Å². The van der Waals surface area contributed by atoms with E-state index in [1.807, 2.05) is 18.2 Å². The molecule has 0 radical (unpaired) electrons. The number of anilines is 2. The molecule has 22 heavy (non-hydrogen) atoms. The van der Waals surface area contributed by atoms with Gasteiger partial charge in [0.05, 0.1) is 5.69 Å². The number of amides is 1. The summed E-state index contributed by atoms with van der Waals surface area (Å²) < 4.78 is 14.0. The van der Waals surface area contributed by atoms with Gasteiger partial charge in [0, 0.05) is 24.4 Å². The van der Waals surface area contributed by atoms with E-state index in [-0.39, 0.29) is 18.0 Å². The SMILES string of the molecule is O=C(CCc1ccccn1)Nc1c(F)cccc1NC1CC1. The zero-order valence-corrected chi connectivity index (χ0v) is 12.2. The number of hydrogen-bond donors (Lipinski definition) is 2. The van der Waals surface area contributed by atoms with Gasteiger partial charge in [-0.05, 0) is 43.5 Å². The maximum absolute atomic E-state index is 14.0. The van der Waals surface area contributed by atoms with Crippen LogP contribution in [0.15, 0.2) is 42.6 Å². The lowest BCUT2D eigenvalue weighted by atomic mass is 10.2. The summed E-state index contributed by atoms with van der Waals surface area (Å²) in [4.78, 5) is 16.2. The number of carbonyl (C=O) groups is 1. The van der Waals surface area contributed by atoms with E-state index in [0.717, 1.165) is 18.5 Å². The average molecular weight is 299 g/mol. The fourth-order valence-electron chi connectivity index (χ4n) is 2.21. The monoisotopic (exact) mass is 299 g/mol. The molecule has 0 bridgehead atoms. The Morgan fingerprint density at radius 2 is 2.09 bits per heavy atom. The summed E-state index contributed by atoms with van der Waals surface area (Å²) in [6.07, 6.45) is 4.68. The smallest absolute Gasteiger partial charge is 0.224 e. The Morgan fingerprint density at radius 1 is 1.23 bits per heavy atom. The van der Waals surface area contributed by atoms with Crippen molar-refractivity contribution in [3.05, 3.63) is 54.1 Å². The maximum atomic E-state index is 14.0. The maximum Gasteiger partial charge on any atom is 0.224 e. The second-order valence-electron chi connectivity index (χ2n) is 5.45. The van der Waals surface area contributed by atoms with Gasteiger partial charge in [-0.1, -0.05) is 12.1 Å². The molecular weight excluding hydrogens is 281 g/mol. The first-order valence-electron chi connectivity index (χ1n) is 7.47. The van der Waals surface area contributed by atoms with Gasteiger partial charge in [-0.2, -0.15) is 0 Å². The van der Waals surface area contributed by atoms with Gasteiger partial charge in [0.25, 0.3) is 0 Å². The van der Waals surface area contributed by atoms with Gasteiger partial charge in [0.1, 0.15) is 11.5 Å². The number of halogens is 1. The van der Waals surface area contributed by atoms with Crippen molar-refractivity contribution in [1.82, 2.24) is 4.98 Å². The number of nitrogens with one attached hydrogen (secondary N) is 2. The summed E-state index contributed by atoms with van der Waals surface area (Å²) in [6.45, 7) is 0. The van der Waals surface area contributed by atoms with Crippen LogP contribution >= 0.6 is 0 Å². The molecule has 1 aliphatic carbocycles. The molecule has 114 valence electrons. The summed E-state index contributed by atoms with van der Waals surface area (Å²) >= 11 is 0. The van der Waals surface area contributed by atoms with Crippen LogP contribution < -0.4 is 10.6 Å². The first-order chi connectivity index (χ1) is 10.7. The molecule has 0 aliphatic heterocycles. The molecule has 3 rings (SSSR count). The summed E-state index contributed by atoms with van der Waals surface area (Å²) in [5, 5.41) is 5.92. The fraction of sp³-hybridized carbons (Fsp3) is 0.294. The third-order valence-electron chi connectivity index (χ3n) is 3.55. The second kappa shape index (κ2) is 6.56. The predicted octanol–water partition coefficient (Wildman–Crippen LogP) is 3.37. The fourth-order valence-corrected chi connectivity index (χ4v) is 2.21. The van der Waals surface area contributed by atoms with Gasteiger partial charge < -0.3 is 10.6 Å². The van der Waals surface area contributed by atoms with Crippen molar-refractivity contribution < 1.29 is 9.18 Å². The first kappa shape index (κ1) is 14.5. The van der Waals surface area contributed by atoms with E-state index in [9.17, 15) is 9.18 Å². The topological polar surface area (TPSA) is 54.0 Å². The molecule has 5 heteroatoms. The highest BCUT2D eigenvalue weighted by Crippen LogP contribution is 2.31. The van der Waals surface area contributed by atoms with E-state index in [0.29, 0.717) is 18.2 Å². The second-order valence-corrected chi connectivity index (χ2v) is 5.45. The lowest BCUT2D eigenvalue weighted by molar-refractivity contribution is -0.116. The molecule has 1 aromatic heterocycles. The minimum atomic E-state index is -0.420. The standard InChI is InChI=1S/C17H18FN3O/c18-14-5-3-6-15(20-13-7-8-13)17(14)21-16(22)10-9-12-4-1-2-11-19-12/h1-6,11,13,20H,7-10H2,(H,21,22). The van der Waals surface area contributed by atoms with Crippen LogP contribution in [0.1, 0.15) is 25.0 Å². The normalized spacial score (nSPS) is 13.7. The molecule has 2 aromatic rings. The van der Waals surface area contributed by atoms with Crippen LogP contribution in [0, 0.1) is 5.82 Å². The van der Waals surface area contributed by atoms with Crippen molar-refractivity contribution >= 4 is 17.3 Å². The Balaban J connectivity index is 1.63. The van der Waals surface area contributed by atoms with Gasteiger partial charge in [-0.25, -0.2) is 4.39 Å². The zero-order chi connectivity index (χ0) is 15.4. The van der Waals surface area contributed by atoms with E-state index in [1.165, 1.54) is 6.07 Å². The van der Waals surface area contributed by atoms with Gasteiger partial charge in [0.2, 0.25) is 5.91 Å². The van der Waals surface area contributed by atoms with Crippen molar-refractivity contribution in [2.24, 2.45) is 0 Å². The van der Waals surface area contributed by atoms with E-state index in [4.69, 9.17) is 0 Å². The summed E-state index contributed by atoms with van der Waals surface area (Å²) in [5.41, 5.74) is 1.73. The van der Waals surface area contributed by atoms with Crippen LogP contribution in [-0.2, 0) is 11.2 Å². The summed E-state index contributed by atoms with van der Waals surface area (Å²) in [5.74, 6) is -0.633. The molecule has 0 saturated heterocycles. The lowest BCUT2D eigenvalue weighted by Gasteiger charge is -2.13.